The van der Waals surface area contributed by atoms with Crippen LogP contribution in [0.5, 0.6) is 0 Å². The number of nitrogens with zero attached hydrogens (tertiary/aromatic N) is 3. The van der Waals surface area contributed by atoms with Crippen molar-refractivity contribution in [3.05, 3.63) is 48.2 Å². The molecule has 0 radical (unpaired) electrons. The van der Waals surface area contributed by atoms with E-state index in [-0.39, 0.29) is 4.90 Å². The van der Waals surface area contributed by atoms with Crippen LogP contribution < -0.4 is 4.90 Å². The van der Waals surface area contributed by atoms with Crippen LogP contribution in [0, 0.1) is 5.92 Å². The van der Waals surface area contributed by atoms with E-state index >= 15 is 0 Å². The summed E-state index contributed by atoms with van der Waals surface area (Å²) < 4.78 is 30.2. The summed E-state index contributed by atoms with van der Waals surface area (Å²) in [5.74, 6) is 4.03. The van der Waals surface area contributed by atoms with Gasteiger partial charge < -0.3 is 9.32 Å². The molecule has 2 heterocycles. The Morgan fingerprint density at radius 2 is 1.96 bits per heavy atom. The van der Waals surface area contributed by atoms with E-state index in [9.17, 15) is 8.42 Å². The minimum absolute atomic E-state index is 0.287. The van der Waals surface area contributed by atoms with Crippen molar-refractivity contribution in [2.24, 2.45) is 5.92 Å². The van der Waals surface area contributed by atoms with Gasteiger partial charge >= 0.3 is 0 Å². The van der Waals surface area contributed by atoms with Crippen LogP contribution in [0.3, 0.4) is 0 Å². The van der Waals surface area contributed by atoms with E-state index in [1.54, 1.807) is 24.5 Å². The molecule has 0 spiro atoms. The first-order valence-electron chi connectivity index (χ1n) is 9.70. The average molecular weight is 398 g/mol. The molecule has 6 nitrogen and oxygen atoms in total. The van der Waals surface area contributed by atoms with Crippen LogP contribution in [0.1, 0.15) is 43.6 Å². The smallest absolute Gasteiger partial charge is 0.175 e. The highest BCUT2D eigenvalue weighted by Gasteiger charge is 2.37. The van der Waals surface area contributed by atoms with Crippen molar-refractivity contribution in [2.45, 2.75) is 49.6 Å². The SMILES string of the molecule is CC1CC1c1ccc(CN(c2ncnc3ccc(S(C)(=O)=O)cc23)C2CC2)o1. The summed E-state index contributed by atoms with van der Waals surface area (Å²) in [6.07, 6.45) is 6.17. The summed E-state index contributed by atoms with van der Waals surface area (Å²) in [6.45, 7) is 2.87. The zero-order valence-electron chi connectivity index (χ0n) is 16.0. The summed E-state index contributed by atoms with van der Waals surface area (Å²) in [7, 11) is -3.30. The molecule has 2 atom stereocenters. The molecule has 2 fully saturated rings. The molecule has 2 unspecified atom stereocenters. The lowest BCUT2D eigenvalue weighted by molar-refractivity contribution is 0.456. The second-order valence-electron chi connectivity index (χ2n) is 8.13. The molecule has 2 saturated carbocycles. The van der Waals surface area contributed by atoms with Gasteiger partial charge in [0.1, 0.15) is 23.7 Å². The standard InChI is InChI=1S/C21H23N3O3S/c1-13-9-17(13)20-8-5-15(27-20)11-24(14-3-4-14)21-18-10-16(28(2,25)26)6-7-19(18)22-12-23-21/h5-8,10,12-14,17H,3-4,9,11H2,1-2H3. The van der Waals surface area contributed by atoms with E-state index in [4.69, 9.17) is 4.42 Å². The van der Waals surface area contributed by atoms with Gasteiger partial charge in [-0.3, -0.25) is 0 Å². The van der Waals surface area contributed by atoms with E-state index in [2.05, 4.69) is 33.9 Å². The van der Waals surface area contributed by atoms with Gasteiger partial charge in [-0.1, -0.05) is 6.92 Å². The zero-order valence-corrected chi connectivity index (χ0v) is 16.8. The molecule has 2 aliphatic rings. The van der Waals surface area contributed by atoms with Gasteiger partial charge in [0.2, 0.25) is 0 Å². The van der Waals surface area contributed by atoms with Crippen molar-refractivity contribution < 1.29 is 12.8 Å². The van der Waals surface area contributed by atoms with Gasteiger partial charge in [-0.05, 0) is 55.5 Å². The van der Waals surface area contributed by atoms with E-state index < -0.39 is 9.84 Å². The summed E-state index contributed by atoms with van der Waals surface area (Å²) in [6, 6.07) is 9.59. The van der Waals surface area contributed by atoms with E-state index in [0.29, 0.717) is 24.4 Å². The molecule has 146 valence electrons. The summed E-state index contributed by atoms with van der Waals surface area (Å²) >= 11 is 0. The van der Waals surface area contributed by atoms with Crippen molar-refractivity contribution in [3.63, 3.8) is 0 Å². The molecular weight excluding hydrogens is 374 g/mol. The van der Waals surface area contributed by atoms with Gasteiger partial charge in [0.05, 0.1) is 17.0 Å². The summed E-state index contributed by atoms with van der Waals surface area (Å²) in [5, 5.41) is 0.764. The fourth-order valence-corrected chi connectivity index (χ4v) is 4.46. The molecule has 2 aliphatic carbocycles. The van der Waals surface area contributed by atoms with Crippen LogP contribution in [-0.2, 0) is 16.4 Å². The van der Waals surface area contributed by atoms with Crippen molar-refractivity contribution in [3.8, 4) is 0 Å². The minimum atomic E-state index is -3.30. The molecule has 0 aliphatic heterocycles. The maximum absolute atomic E-state index is 12.0. The number of sulfone groups is 1. The van der Waals surface area contributed by atoms with Crippen molar-refractivity contribution in [1.29, 1.82) is 0 Å². The van der Waals surface area contributed by atoms with Crippen LogP contribution in [0.4, 0.5) is 5.82 Å². The molecule has 3 aromatic rings. The van der Waals surface area contributed by atoms with Crippen LogP contribution in [-0.4, -0.2) is 30.7 Å². The molecule has 0 amide bonds. The van der Waals surface area contributed by atoms with Crippen LogP contribution >= 0.6 is 0 Å². The zero-order chi connectivity index (χ0) is 19.5. The Balaban J connectivity index is 1.53. The lowest BCUT2D eigenvalue weighted by Gasteiger charge is -2.23. The molecule has 1 aromatic carbocycles. The highest BCUT2D eigenvalue weighted by Crippen LogP contribution is 2.47. The van der Waals surface area contributed by atoms with Gasteiger partial charge in [-0.25, -0.2) is 18.4 Å². The molecule has 28 heavy (non-hydrogen) atoms. The number of anilines is 1. The van der Waals surface area contributed by atoms with Gasteiger partial charge in [0, 0.05) is 23.6 Å². The Kier molecular flexibility index (Phi) is 3.98. The highest BCUT2D eigenvalue weighted by atomic mass is 32.2. The number of furan rings is 1. The molecule has 0 saturated heterocycles. The third kappa shape index (κ3) is 3.28. The lowest BCUT2D eigenvalue weighted by Crippen LogP contribution is -2.26. The maximum Gasteiger partial charge on any atom is 0.175 e. The number of aromatic nitrogens is 2. The molecule has 0 N–H and O–H groups in total. The first-order valence-corrected chi connectivity index (χ1v) is 11.6. The quantitative estimate of drug-likeness (QED) is 0.627. The Morgan fingerprint density at radius 1 is 1.18 bits per heavy atom. The van der Waals surface area contributed by atoms with Gasteiger partial charge in [0.15, 0.2) is 9.84 Å². The van der Waals surface area contributed by atoms with Gasteiger partial charge in [-0.2, -0.15) is 0 Å². The van der Waals surface area contributed by atoms with E-state index in [1.807, 2.05) is 0 Å². The predicted octanol–water partition coefficient (Wildman–Crippen LogP) is 3.92. The van der Waals surface area contributed by atoms with E-state index in [0.717, 1.165) is 41.1 Å². The number of hydrogen-bond donors (Lipinski definition) is 0. The first kappa shape index (κ1) is 17.7. The van der Waals surface area contributed by atoms with Crippen LogP contribution in [0.2, 0.25) is 0 Å². The van der Waals surface area contributed by atoms with Gasteiger partial charge in [0.25, 0.3) is 0 Å². The molecular formula is C21H23N3O3S. The Morgan fingerprint density at radius 3 is 2.64 bits per heavy atom. The summed E-state index contributed by atoms with van der Waals surface area (Å²) in [4.78, 5) is 11.4. The number of hydrogen-bond acceptors (Lipinski definition) is 6. The number of fused-ring (bicyclic) bond motifs is 1. The van der Waals surface area contributed by atoms with Crippen LogP contribution in [0.25, 0.3) is 10.9 Å². The Bertz CT molecular complexity index is 1150. The first-order chi connectivity index (χ1) is 13.4. The fraction of sp³-hybridized carbons (Fsp3) is 0.429. The van der Waals surface area contributed by atoms with Crippen LogP contribution in [0.15, 0.2) is 46.0 Å². The average Bonchev–Trinajstić information content (AvgIpc) is 3.58. The third-order valence-corrected chi connectivity index (χ3v) is 6.87. The minimum Gasteiger partial charge on any atom is -0.464 e. The number of rotatable bonds is 6. The van der Waals surface area contributed by atoms with Crippen molar-refractivity contribution in [1.82, 2.24) is 9.97 Å². The topological polar surface area (TPSA) is 76.3 Å². The predicted molar refractivity (Wildman–Crippen MR) is 107 cm³/mol. The second-order valence-corrected chi connectivity index (χ2v) is 10.1. The Labute approximate surface area is 164 Å². The largest absolute Gasteiger partial charge is 0.464 e. The molecule has 7 heteroatoms. The summed E-state index contributed by atoms with van der Waals surface area (Å²) in [5.41, 5.74) is 0.745. The normalized spacial score (nSPS) is 21.8. The highest BCUT2D eigenvalue weighted by molar-refractivity contribution is 7.90. The molecule has 2 aromatic heterocycles. The van der Waals surface area contributed by atoms with Crippen molar-refractivity contribution >= 4 is 26.6 Å². The Hall–Kier alpha value is -2.41. The molecule has 5 rings (SSSR count). The maximum atomic E-state index is 12.0. The lowest BCUT2D eigenvalue weighted by atomic mass is 10.2. The second kappa shape index (κ2) is 6.30. The monoisotopic (exact) mass is 397 g/mol. The third-order valence-electron chi connectivity index (χ3n) is 5.76. The molecule has 0 bridgehead atoms. The van der Waals surface area contributed by atoms with E-state index in [1.165, 1.54) is 12.7 Å². The number of benzene rings is 1. The van der Waals surface area contributed by atoms with Gasteiger partial charge in [-0.15, -0.1) is 0 Å². The van der Waals surface area contributed by atoms with Crippen molar-refractivity contribution in [2.75, 3.05) is 11.2 Å². The fourth-order valence-electron chi connectivity index (χ4n) is 3.81.